The molecule has 6 nitrogen and oxygen atoms in total. The summed E-state index contributed by atoms with van der Waals surface area (Å²) < 4.78 is 56.8. The maximum atomic E-state index is 14.8. The summed E-state index contributed by atoms with van der Waals surface area (Å²) in [4.78, 5) is 5.67. The van der Waals surface area contributed by atoms with E-state index in [9.17, 15) is 17.2 Å². The zero-order chi connectivity index (χ0) is 23.9. The molecule has 2 heterocycles. The smallest absolute Gasteiger partial charge is 0.266 e. The molecule has 180 valence electrons. The van der Waals surface area contributed by atoms with E-state index < -0.39 is 20.7 Å². The highest BCUT2D eigenvalue weighted by Crippen LogP contribution is 2.47. The van der Waals surface area contributed by atoms with Crippen molar-refractivity contribution in [2.75, 3.05) is 16.6 Å². The molecule has 3 aromatic rings. The van der Waals surface area contributed by atoms with Gasteiger partial charge in [0.05, 0.1) is 16.2 Å². The number of aromatic nitrogens is 1. The van der Waals surface area contributed by atoms with Crippen molar-refractivity contribution in [2.45, 2.75) is 49.2 Å². The highest BCUT2D eigenvalue weighted by atomic mass is 35.5. The zero-order valence-corrected chi connectivity index (χ0v) is 20.5. The molecule has 1 aromatic heterocycles. The van der Waals surface area contributed by atoms with Crippen molar-refractivity contribution in [3.05, 3.63) is 69.0 Å². The van der Waals surface area contributed by atoms with Crippen molar-refractivity contribution in [3.8, 4) is 0 Å². The monoisotopic (exact) mass is 524 g/mol. The number of likely N-dealkylation sites (tertiary alicyclic amines) is 1. The molecule has 1 spiro atoms. The van der Waals surface area contributed by atoms with E-state index in [1.165, 1.54) is 54.0 Å². The van der Waals surface area contributed by atoms with E-state index in [4.69, 9.17) is 11.6 Å². The second-order valence-corrected chi connectivity index (χ2v) is 11.5. The fourth-order valence-electron chi connectivity index (χ4n) is 4.65. The van der Waals surface area contributed by atoms with Crippen LogP contribution in [0.15, 0.2) is 46.1 Å². The predicted molar refractivity (Wildman–Crippen MR) is 130 cm³/mol. The van der Waals surface area contributed by atoms with Crippen molar-refractivity contribution < 1.29 is 17.2 Å². The fourth-order valence-corrected chi connectivity index (χ4v) is 6.59. The number of nitrogens with zero attached hydrogens (tertiary/aromatic N) is 2. The summed E-state index contributed by atoms with van der Waals surface area (Å²) in [5.74, 6) is -1.23. The van der Waals surface area contributed by atoms with E-state index in [0.717, 1.165) is 24.2 Å². The summed E-state index contributed by atoms with van der Waals surface area (Å²) in [6.07, 6.45) is 4.81. The molecule has 0 amide bonds. The zero-order valence-electron chi connectivity index (χ0n) is 18.2. The molecule has 0 radical (unpaired) electrons. The molecule has 2 fully saturated rings. The predicted octanol–water partition coefficient (Wildman–Crippen LogP) is 5.62. The lowest BCUT2D eigenvalue weighted by atomic mass is 9.67. The molecular formula is C23H23ClF2N4O2S2. The minimum absolute atomic E-state index is 0.00843. The average molecular weight is 525 g/mol. The summed E-state index contributed by atoms with van der Waals surface area (Å²) in [7, 11) is -4.21. The number of thiazole rings is 1. The lowest BCUT2D eigenvalue weighted by molar-refractivity contribution is -0.0790. The van der Waals surface area contributed by atoms with Gasteiger partial charge in [0, 0.05) is 36.1 Å². The van der Waals surface area contributed by atoms with E-state index >= 15 is 0 Å². The number of nitrogens with one attached hydrogen (secondary N) is 2. The summed E-state index contributed by atoms with van der Waals surface area (Å²) >= 11 is 7.48. The van der Waals surface area contributed by atoms with Crippen molar-refractivity contribution in [1.29, 1.82) is 0 Å². The number of halogens is 3. The molecule has 0 atom stereocenters. The second-order valence-electron chi connectivity index (χ2n) is 8.72. The molecule has 0 unspecified atom stereocenters. The van der Waals surface area contributed by atoms with Gasteiger partial charge in [-0.05, 0) is 49.4 Å². The van der Waals surface area contributed by atoms with E-state index in [2.05, 4.69) is 19.9 Å². The van der Waals surface area contributed by atoms with Gasteiger partial charge in [0.15, 0.2) is 5.82 Å². The lowest BCUT2D eigenvalue weighted by Crippen LogP contribution is -2.63. The quantitative estimate of drug-likeness (QED) is 0.400. The van der Waals surface area contributed by atoms with Crippen LogP contribution in [0.3, 0.4) is 0 Å². The Kier molecular flexibility index (Phi) is 6.26. The van der Waals surface area contributed by atoms with Gasteiger partial charge in [-0.15, -0.1) is 11.3 Å². The van der Waals surface area contributed by atoms with Crippen LogP contribution in [0.25, 0.3) is 0 Å². The van der Waals surface area contributed by atoms with Crippen LogP contribution < -0.4 is 10.0 Å². The Labute approximate surface area is 206 Å². The fraction of sp³-hybridized carbons (Fsp3) is 0.348. The van der Waals surface area contributed by atoms with Crippen LogP contribution in [0.1, 0.15) is 36.8 Å². The molecule has 0 bridgehead atoms. The SMILES string of the molecule is O=S(=O)(Nc1cscn1)c1cc(Cl)c(NCc2c(F)cccc2CN2CCC23CCC3)cc1F. The summed E-state index contributed by atoms with van der Waals surface area (Å²) in [6, 6.07) is 7.06. The molecule has 5 rings (SSSR count). The van der Waals surface area contributed by atoms with Gasteiger partial charge in [-0.3, -0.25) is 9.62 Å². The van der Waals surface area contributed by atoms with Crippen molar-refractivity contribution >= 4 is 44.5 Å². The van der Waals surface area contributed by atoms with Crippen LogP contribution in [0.4, 0.5) is 20.3 Å². The van der Waals surface area contributed by atoms with Gasteiger partial charge in [-0.1, -0.05) is 23.7 Å². The number of hydrogen-bond acceptors (Lipinski definition) is 6. The van der Waals surface area contributed by atoms with Crippen LogP contribution >= 0.6 is 22.9 Å². The molecular weight excluding hydrogens is 502 g/mol. The average Bonchev–Trinajstić information content (AvgIpc) is 3.23. The Morgan fingerprint density at radius 3 is 2.65 bits per heavy atom. The van der Waals surface area contributed by atoms with Gasteiger partial charge < -0.3 is 5.32 Å². The topological polar surface area (TPSA) is 74.3 Å². The molecule has 1 aliphatic carbocycles. The minimum Gasteiger partial charge on any atom is -0.380 e. The Balaban J connectivity index is 1.33. The maximum Gasteiger partial charge on any atom is 0.266 e. The number of benzene rings is 2. The molecule has 1 saturated carbocycles. The van der Waals surface area contributed by atoms with E-state index in [-0.39, 0.29) is 34.4 Å². The summed E-state index contributed by atoms with van der Waals surface area (Å²) in [5.41, 5.74) is 3.29. The molecule has 2 aromatic carbocycles. The molecule has 2 N–H and O–H groups in total. The first-order valence-electron chi connectivity index (χ1n) is 10.9. The van der Waals surface area contributed by atoms with Crippen LogP contribution in [0.5, 0.6) is 0 Å². The molecule has 34 heavy (non-hydrogen) atoms. The number of hydrogen-bond donors (Lipinski definition) is 2. The normalized spacial score (nSPS) is 17.3. The van der Waals surface area contributed by atoms with Crippen molar-refractivity contribution in [2.24, 2.45) is 0 Å². The summed E-state index contributed by atoms with van der Waals surface area (Å²) in [5, 5.41) is 4.48. The lowest BCUT2D eigenvalue weighted by Gasteiger charge is -2.59. The van der Waals surface area contributed by atoms with Crippen LogP contribution in [-0.2, 0) is 23.1 Å². The van der Waals surface area contributed by atoms with E-state index in [1.807, 2.05) is 6.07 Å². The second kappa shape index (κ2) is 9.07. The third-order valence-electron chi connectivity index (χ3n) is 6.82. The molecule has 1 saturated heterocycles. The molecule has 11 heteroatoms. The van der Waals surface area contributed by atoms with Crippen LogP contribution in [0.2, 0.25) is 5.02 Å². The highest BCUT2D eigenvalue weighted by molar-refractivity contribution is 7.92. The van der Waals surface area contributed by atoms with Crippen LogP contribution in [-0.4, -0.2) is 30.4 Å². The number of sulfonamides is 1. The van der Waals surface area contributed by atoms with Gasteiger partial charge >= 0.3 is 0 Å². The first kappa shape index (κ1) is 23.5. The third kappa shape index (κ3) is 4.39. The van der Waals surface area contributed by atoms with Gasteiger partial charge in [-0.25, -0.2) is 22.2 Å². The Morgan fingerprint density at radius 2 is 2.00 bits per heavy atom. The maximum absolute atomic E-state index is 14.8. The van der Waals surface area contributed by atoms with E-state index in [1.54, 1.807) is 6.07 Å². The minimum atomic E-state index is -4.21. The third-order valence-corrected chi connectivity index (χ3v) is 9.09. The van der Waals surface area contributed by atoms with Crippen molar-refractivity contribution in [3.63, 3.8) is 0 Å². The largest absolute Gasteiger partial charge is 0.380 e. The van der Waals surface area contributed by atoms with E-state index in [0.29, 0.717) is 12.1 Å². The molecule has 1 aliphatic heterocycles. The van der Waals surface area contributed by atoms with Gasteiger partial charge in [-0.2, -0.15) is 0 Å². The standard InChI is InChI=1S/C23H23ClF2N4O2S2/c24-17-9-21(34(31,32)29-22-13-33-14-28-22)19(26)10-20(17)27-11-16-15(3-1-4-18(16)25)12-30-8-7-23(30)5-2-6-23/h1,3-4,9-10,13-14,27,29H,2,5-8,11-12H2. The van der Waals surface area contributed by atoms with Gasteiger partial charge in [0.25, 0.3) is 10.0 Å². The van der Waals surface area contributed by atoms with Crippen LogP contribution in [0, 0.1) is 11.6 Å². The Hall–Kier alpha value is -2.27. The van der Waals surface area contributed by atoms with Gasteiger partial charge in [0.2, 0.25) is 0 Å². The first-order chi connectivity index (χ1) is 16.3. The van der Waals surface area contributed by atoms with Crippen molar-refractivity contribution in [1.82, 2.24) is 9.88 Å². The first-order valence-corrected chi connectivity index (χ1v) is 13.7. The Morgan fingerprint density at radius 1 is 1.18 bits per heavy atom. The Bertz CT molecular complexity index is 1310. The number of anilines is 2. The van der Waals surface area contributed by atoms with Gasteiger partial charge in [0.1, 0.15) is 16.5 Å². The number of rotatable bonds is 8. The molecule has 2 aliphatic rings. The highest BCUT2D eigenvalue weighted by Gasteiger charge is 2.48. The summed E-state index contributed by atoms with van der Waals surface area (Å²) in [6.45, 7) is 1.76.